The molecule has 1 aliphatic rings. The molecule has 478 valence electrons. The fourth-order valence-electron chi connectivity index (χ4n) is 9.71. The molecule has 88 heavy (non-hydrogen) atoms. The predicted molar refractivity (Wildman–Crippen MR) is 336 cm³/mol. The average molecular weight is 1240 g/mol. The van der Waals surface area contributed by atoms with Gasteiger partial charge in [0.2, 0.25) is 41.4 Å². The highest BCUT2D eigenvalue weighted by Crippen LogP contribution is 2.29. The van der Waals surface area contributed by atoms with E-state index >= 15 is 0 Å². The number of azo groups is 1. The van der Waals surface area contributed by atoms with Crippen molar-refractivity contribution in [3.05, 3.63) is 90.5 Å². The summed E-state index contributed by atoms with van der Waals surface area (Å²) in [6.07, 6.45) is 2.50. The van der Waals surface area contributed by atoms with E-state index in [-0.39, 0.29) is 68.0 Å². The van der Waals surface area contributed by atoms with E-state index in [9.17, 15) is 51.3 Å². The zero-order valence-electron chi connectivity index (χ0n) is 51.0. The molecule has 1 aliphatic heterocycles. The summed E-state index contributed by atoms with van der Waals surface area (Å²) in [5.41, 5.74) is 19.8. The lowest BCUT2D eigenvalue weighted by Crippen LogP contribution is -2.59. The molecule has 28 heteroatoms. The molecular weight excluding hydrogens is 1150 g/mol. The van der Waals surface area contributed by atoms with Crippen LogP contribution in [0.5, 0.6) is 0 Å². The van der Waals surface area contributed by atoms with Gasteiger partial charge in [-0.3, -0.25) is 47.9 Å². The number of aliphatic imine (C=N–C) groups is 1. The van der Waals surface area contributed by atoms with E-state index in [1.807, 2.05) is 57.1 Å². The normalized spacial score (nSPS) is 14.9. The summed E-state index contributed by atoms with van der Waals surface area (Å²) in [4.78, 5) is 117. The van der Waals surface area contributed by atoms with Crippen molar-refractivity contribution >= 4 is 96.9 Å². The number of hydrogen-bond acceptors (Lipinski definition) is 16. The first-order valence-electron chi connectivity index (χ1n) is 29.4. The predicted octanol–water partition coefficient (Wildman–Crippen LogP) is 2.85. The van der Waals surface area contributed by atoms with Gasteiger partial charge in [0.1, 0.15) is 41.1 Å². The van der Waals surface area contributed by atoms with Gasteiger partial charge in [-0.05, 0) is 137 Å². The second-order valence-electron chi connectivity index (χ2n) is 22.4. The average Bonchev–Trinajstić information content (AvgIpc) is 2.84. The number of likely N-dealkylation sites (tertiary alicyclic amines) is 1. The number of nitrogens with one attached hydrogen (secondary N) is 8. The minimum atomic E-state index is -4.50. The Hall–Kier alpha value is -8.76. The number of unbranched alkanes of at least 4 members (excludes halogenated alkanes) is 1. The third-order valence-corrected chi connectivity index (χ3v) is 15.3. The van der Waals surface area contributed by atoms with Crippen LogP contribution in [0.3, 0.4) is 0 Å². The molecule has 27 nitrogen and oxygen atoms in total. The summed E-state index contributed by atoms with van der Waals surface area (Å²) in [7, 11) is -0.617. The second-order valence-corrected chi connectivity index (χ2v) is 23.8. The van der Waals surface area contributed by atoms with Crippen LogP contribution in [-0.2, 0) is 43.7 Å². The Labute approximate surface area is 513 Å². The van der Waals surface area contributed by atoms with Gasteiger partial charge >= 0.3 is 0 Å². The van der Waals surface area contributed by atoms with Gasteiger partial charge in [-0.2, -0.15) is 18.6 Å². The van der Waals surface area contributed by atoms with Gasteiger partial charge < -0.3 is 69.5 Å². The number of carbonyl (C=O) groups excluding carboxylic acids is 8. The zero-order chi connectivity index (χ0) is 64.7. The SMILES string of the molecule is CC(C)C[C@H](NC(=O)[C@@H]1CCCN1C(=O)c1ccc(N=Nc2ccc(N(C)C)cc2)cc1)C(=O)NCC(=O)N[C@H](C(=O)N[C@@H](CCCCN)C(=O)N[C@@H](C)C(=O)N[C@@H](CCCN=C(N)N)C(=O)NCCNc1cccc2c(S(=O)(=O)O)cccc12)C(C)C. The van der Waals surface area contributed by atoms with E-state index < -0.39 is 100 Å². The van der Waals surface area contributed by atoms with Crippen molar-refractivity contribution in [2.24, 2.45) is 44.3 Å². The van der Waals surface area contributed by atoms with Crippen molar-refractivity contribution in [3.8, 4) is 0 Å². The van der Waals surface area contributed by atoms with Gasteiger partial charge in [-0.25, -0.2) is 0 Å². The highest BCUT2D eigenvalue weighted by atomic mass is 32.2. The summed E-state index contributed by atoms with van der Waals surface area (Å²) in [6, 6.07) is 16.8. The quantitative estimate of drug-likeness (QED) is 0.0107. The summed E-state index contributed by atoms with van der Waals surface area (Å²) >= 11 is 0. The first kappa shape index (κ1) is 70.0. The van der Waals surface area contributed by atoms with Crippen LogP contribution in [0.1, 0.15) is 96.3 Å². The Morgan fingerprint density at radius 1 is 0.682 bits per heavy atom. The minimum absolute atomic E-state index is 0.0583. The number of rotatable bonds is 33. The van der Waals surface area contributed by atoms with Crippen LogP contribution in [0.2, 0.25) is 0 Å². The van der Waals surface area contributed by atoms with Crippen molar-refractivity contribution in [3.63, 3.8) is 0 Å². The summed E-state index contributed by atoms with van der Waals surface area (Å²) < 4.78 is 33.7. The standard InChI is InChI=1S/C60H86N16O11S/c1-36(2)34-48(71-57(82)49-19-13-33-76(49)59(84)39-21-23-40(24-22-39)73-74-41-25-27-42(28-26-41)75(6)7)55(80)67-35-51(77)72-52(37(3)4)58(83)70-47(16-8-9-29-61)56(81)68-38(5)53(78)69-46(18-12-30-66-60(62)63)54(79)65-32-31-64-45-17-10-15-44-43(45)14-11-20-50(44)88(85,86)87/h10-11,14-15,17,20-28,36-38,46-49,52,64H,8-9,12-13,16,18-19,29-35,61H2,1-7H3,(H,65,79)(H,67,80)(H,68,81)(H,69,78)(H,70,83)(H,71,82)(H,72,77)(H4,62,63,66)(H,85,86,87)/t38-,46-,47-,48-,49-,52-/m0/s1. The van der Waals surface area contributed by atoms with Crippen LogP contribution in [0.15, 0.2) is 105 Å². The number of hydrogen-bond donors (Lipinski definition) is 12. The van der Waals surface area contributed by atoms with Crippen molar-refractivity contribution in [1.82, 2.24) is 42.1 Å². The van der Waals surface area contributed by atoms with Gasteiger partial charge in [0.05, 0.1) is 17.9 Å². The number of carbonyl (C=O) groups is 8. The van der Waals surface area contributed by atoms with E-state index in [0.717, 1.165) is 5.69 Å². The fraction of sp³-hybridized carbons (Fsp3) is 0.483. The van der Waals surface area contributed by atoms with Crippen LogP contribution >= 0.6 is 0 Å². The second kappa shape index (κ2) is 34.0. The molecular formula is C60H86N16O11S. The maximum Gasteiger partial charge on any atom is 0.295 e. The molecule has 0 bridgehead atoms. The Morgan fingerprint density at radius 2 is 1.30 bits per heavy atom. The monoisotopic (exact) mass is 1240 g/mol. The molecule has 6 atom stereocenters. The number of nitrogens with two attached hydrogens (primary N) is 3. The van der Waals surface area contributed by atoms with Crippen LogP contribution < -0.4 is 64.6 Å². The number of guanidine groups is 1. The number of fused-ring (bicyclic) bond motifs is 1. The number of amides is 8. The smallest absolute Gasteiger partial charge is 0.295 e. The third kappa shape index (κ3) is 21.6. The highest BCUT2D eigenvalue weighted by molar-refractivity contribution is 7.86. The zero-order valence-corrected chi connectivity index (χ0v) is 51.8. The van der Waals surface area contributed by atoms with Gasteiger partial charge in [0.25, 0.3) is 16.0 Å². The molecule has 15 N–H and O–H groups in total. The van der Waals surface area contributed by atoms with E-state index in [1.165, 1.54) is 24.0 Å². The van der Waals surface area contributed by atoms with E-state index in [2.05, 4.69) is 57.8 Å². The molecule has 4 aromatic carbocycles. The topological polar surface area (TPSA) is 409 Å². The molecule has 5 rings (SSSR count). The van der Waals surface area contributed by atoms with Crippen molar-refractivity contribution in [2.75, 3.05) is 63.6 Å². The first-order valence-corrected chi connectivity index (χ1v) is 30.9. The summed E-state index contributed by atoms with van der Waals surface area (Å²) in [6.45, 7) is 8.90. The number of anilines is 2. The Morgan fingerprint density at radius 3 is 1.92 bits per heavy atom. The summed E-state index contributed by atoms with van der Waals surface area (Å²) in [5.74, 6) is -5.78. The van der Waals surface area contributed by atoms with Crippen LogP contribution in [0, 0.1) is 11.8 Å². The molecule has 0 unspecified atom stereocenters. The van der Waals surface area contributed by atoms with Gasteiger partial charge in [-0.1, -0.05) is 52.0 Å². The minimum Gasteiger partial charge on any atom is -0.383 e. The molecule has 8 amide bonds. The van der Waals surface area contributed by atoms with E-state index in [1.54, 1.807) is 62.4 Å². The van der Waals surface area contributed by atoms with Crippen molar-refractivity contribution in [1.29, 1.82) is 0 Å². The summed E-state index contributed by atoms with van der Waals surface area (Å²) in [5, 5.41) is 31.3. The molecule has 1 fully saturated rings. The largest absolute Gasteiger partial charge is 0.383 e. The molecule has 0 aliphatic carbocycles. The molecule has 0 aromatic heterocycles. The molecule has 1 heterocycles. The number of benzene rings is 4. The molecule has 0 spiro atoms. The maximum atomic E-state index is 14.0. The van der Waals surface area contributed by atoms with Crippen LogP contribution in [0.4, 0.5) is 22.7 Å². The molecule has 1 saturated heterocycles. The lowest BCUT2D eigenvalue weighted by molar-refractivity contribution is -0.135. The maximum absolute atomic E-state index is 14.0. The van der Waals surface area contributed by atoms with Gasteiger partial charge in [0, 0.05) is 68.0 Å². The lowest BCUT2D eigenvalue weighted by Gasteiger charge is -2.27. The molecule has 0 saturated carbocycles. The van der Waals surface area contributed by atoms with Crippen molar-refractivity contribution in [2.45, 2.75) is 127 Å². The first-order chi connectivity index (χ1) is 41.8. The van der Waals surface area contributed by atoms with Crippen LogP contribution in [-0.4, -0.2) is 161 Å². The highest BCUT2D eigenvalue weighted by Gasteiger charge is 2.37. The Kier molecular flexibility index (Phi) is 27.0. The Balaban J connectivity index is 1.15. The third-order valence-electron chi connectivity index (χ3n) is 14.4. The van der Waals surface area contributed by atoms with Gasteiger partial charge in [0.15, 0.2) is 5.96 Å². The van der Waals surface area contributed by atoms with Crippen molar-refractivity contribution < 1.29 is 51.3 Å². The molecule has 0 radical (unpaired) electrons. The fourth-order valence-corrected chi connectivity index (χ4v) is 10.4. The number of nitrogens with zero attached hydrogens (tertiary/aromatic N) is 5. The lowest BCUT2D eigenvalue weighted by atomic mass is 10.0. The Bertz CT molecular complexity index is 3230. The van der Waals surface area contributed by atoms with Crippen LogP contribution in [0.25, 0.3) is 10.8 Å². The van der Waals surface area contributed by atoms with Gasteiger partial charge in [-0.15, -0.1) is 0 Å². The van der Waals surface area contributed by atoms with E-state index in [4.69, 9.17) is 17.2 Å². The molecule has 4 aromatic rings. The van der Waals surface area contributed by atoms with E-state index in [0.29, 0.717) is 72.2 Å².